The van der Waals surface area contributed by atoms with Crippen molar-refractivity contribution in [1.29, 1.82) is 0 Å². The minimum absolute atomic E-state index is 0.0559. The van der Waals surface area contributed by atoms with Crippen LogP contribution in [0.1, 0.15) is 12.0 Å². The molecule has 0 aromatic heterocycles. The molecule has 2 rings (SSSR count). The van der Waals surface area contributed by atoms with Crippen molar-refractivity contribution in [2.75, 3.05) is 19.6 Å². The highest BCUT2D eigenvalue weighted by atomic mass is 16.2. The fraction of sp³-hybridized carbons (Fsp3) is 0.333. The van der Waals surface area contributed by atoms with Gasteiger partial charge < -0.3 is 11.1 Å². The van der Waals surface area contributed by atoms with Crippen LogP contribution in [0.2, 0.25) is 0 Å². The quantitative estimate of drug-likeness (QED) is 0.604. The van der Waals surface area contributed by atoms with Crippen LogP contribution >= 0.6 is 0 Å². The van der Waals surface area contributed by atoms with Crippen molar-refractivity contribution < 1.29 is 19.2 Å². The summed E-state index contributed by atoms with van der Waals surface area (Å²) < 4.78 is 0. The maximum atomic E-state index is 12.4. The summed E-state index contributed by atoms with van der Waals surface area (Å²) in [5.41, 5.74) is 6.30. The number of carbonyl (C=O) groups is 4. The van der Waals surface area contributed by atoms with E-state index in [1.165, 1.54) is 12.2 Å². The lowest BCUT2D eigenvalue weighted by molar-refractivity contribution is -0.137. The molecule has 132 valence electrons. The van der Waals surface area contributed by atoms with Gasteiger partial charge in [0.2, 0.25) is 5.91 Å². The van der Waals surface area contributed by atoms with E-state index in [1.54, 1.807) is 0 Å². The number of carbonyl (C=O) groups excluding carboxylic acids is 4. The van der Waals surface area contributed by atoms with Gasteiger partial charge in [0, 0.05) is 37.6 Å². The number of rotatable bonds is 9. The van der Waals surface area contributed by atoms with E-state index in [2.05, 4.69) is 5.32 Å². The van der Waals surface area contributed by atoms with Gasteiger partial charge >= 0.3 is 0 Å². The van der Waals surface area contributed by atoms with E-state index in [0.717, 1.165) is 10.5 Å². The lowest BCUT2D eigenvalue weighted by Gasteiger charge is -2.18. The number of ketones is 1. The highest BCUT2D eigenvalue weighted by molar-refractivity contribution is 6.12. The van der Waals surface area contributed by atoms with Crippen LogP contribution in [0.25, 0.3) is 0 Å². The SMILES string of the molecule is NCC(=O)C[C@@H](Cc1ccccc1)C(=O)NCCN1C(=O)C=CC1=O. The molecule has 7 nitrogen and oxygen atoms in total. The van der Waals surface area contributed by atoms with Crippen LogP contribution in [-0.4, -0.2) is 48.0 Å². The molecule has 3 N–H and O–H groups in total. The van der Waals surface area contributed by atoms with Crippen molar-refractivity contribution in [2.45, 2.75) is 12.8 Å². The first-order valence-electron chi connectivity index (χ1n) is 8.08. The van der Waals surface area contributed by atoms with Gasteiger partial charge in [-0.1, -0.05) is 30.3 Å². The summed E-state index contributed by atoms with van der Waals surface area (Å²) in [6.07, 6.45) is 2.87. The molecule has 0 spiro atoms. The molecular weight excluding hydrogens is 322 g/mol. The Balaban J connectivity index is 1.91. The van der Waals surface area contributed by atoms with E-state index in [1.807, 2.05) is 30.3 Å². The fourth-order valence-corrected chi connectivity index (χ4v) is 2.60. The number of nitrogens with zero attached hydrogens (tertiary/aromatic N) is 1. The number of hydrogen-bond acceptors (Lipinski definition) is 5. The van der Waals surface area contributed by atoms with Gasteiger partial charge in [-0.2, -0.15) is 0 Å². The minimum atomic E-state index is -0.540. The Morgan fingerprint density at radius 2 is 1.72 bits per heavy atom. The van der Waals surface area contributed by atoms with Crippen molar-refractivity contribution in [3.05, 3.63) is 48.0 Å². The number of nitrogens with one attached hydrogen (secondary N) is 1. The molecule has 1 aliphatic heterocycles. The largest absolute Gasteiger partial charge is 0.354 e. The first-order chi connectivity index (χ1) is 12.0. The van der Waals surface area contributed by atoms with Gasteiger partial charge in [0.25, 0.3) is 11.8 Å². The van der Waals surface area contributed by atoms with Gasteiger partial charge in [0.1, 0.15) is 5.78 Å². The lowest BCUT2D eigenvalue weighted by Crippen LogP contribution is -2.41. The molecule has 0 unspecified atom stereocenters. The van der Waals surface area contributed by atoms with Crippen molar-refractivity contribution in [2.24, 2.45) is 11.7 Å². The van der Waals surface area contributed by atoms with Crippen LogP contribution in [0, 0.1) is 5.92 Å². The zero-order valence-electron chi connectivity index (χ0n) is 13.8. The van der Waals surface area contributed by atoms with Gasteiger partial charge in [0.05, 0.1) is 6.54 Å². The zero-order valence-corrected chi connectivity index (χ0v) is 13.8. The third-order valence-electron chi connectivity index (χ3n) is 3.93. The van der Waals surface area contributed by atoms with Gasteiger partial charge in [-0.15, -0.1) is 0 Å². The van der Waals surface area contributed by atoms with Crippen molar-refractivity contribution in [1.82, 2.24) is 10.2 Å². The molecule has 1 heterocycles. The van der Waals surface area contributed by atoms with Gasteiger partial charge in [-0.25, -0.2) is 0 Å². The number of nitrogens with two attached hydrogens (primary N) is 1. The number of Topliss-reactive ketones (excluding diaryl/α,β-unsaturated/α-hetero) is 1. The smallest absolute Gasteiger partial charge is 0.253 e. The summed E-state index contributed by atoms with van der Waals surface area (Å²) in [6, 6.07) is 9.39. The second-order valence-electron chi connectivity index (χ2n) is 5.79. The summed E-state index contributed by atoms with van der Waals surface area (Å²) in [4.78, 5) is 48.1. The normalized spacial score (nSPS) is 14.7. The van der Waals surface area contributed by atoms with Crippen molar-refractivity contribution in [3.8, 4) is 0 Å². The Kier molecular flexibility index (Phi) is 6.59. The Morgan fingerprint density at radius 3 is 2.32 bits per heavy atom. The molecule has 1 aromatic rings. The molecule has 0 aliphatic carbocycles. The Bertz CT molecular complexity index is 667. The lowest BCUT2D eigenvalue weighted by atomic mass is 9.93. The average molecular weight is 343 g/mol. The van der Waals surface area contributed by atoms with Crippen LogP contribution < -0.4 is 11.1 Å². The molecular formula is C18H21N3O4. The predicted octanol–water partition coefficient (Wildman–Crippen LogP) is -0.196. The molecule has 1 aromatic carbocycles. The van der Waals surface area contributed by atoms with Gasteiger partial charge in [-0.05, 0) is 12.0 Å². The van der Waals surface area contributed by atoms with Gasteiger partial charge in [0.15, 0.2) is 0 Å². The number of hydrogen-bond donors (Lipinski definition) is 2. The molecule has 0 fully saturated rings. The first kappa shape index (κ1) is 18.5. The van der Waals surface area contributed by atoms with Crippen molar-refractivity contribution >= 4 is 23.5 Å². The van der Waals surface area contributed by atoms with Crippen molar-refractivity contribution in [3.63, 3.8) is 0 Å². The van der Waals surface area contributed by atoms with Crippen LogP contribution in [-0.2, 0) is 25.6 Å². The Morgan fingerprint density at radius 1 is 1.08 bits per heavy atom. The van der Waals surface area contributed by atoms with E-state index in [0.29, 0.717) is 6.42 Å². The van der Waals surface area contributed by atoms with Gasteiger partial charge in [-0.3, -0.25) is 24.1 Å². The summed E-state index contributed by atoms with van der Waals surface area (Å²) in [7, 11) is 0. The number of imide groups is 1. The van der Waals surface area contributed by atoms with E-state index < -0.39 is 17.7 Å². The topological polar surface area (TPSA) is 110 Å². The highest BCUT2D eigenvalue weighted by Crippen LogP contribution is 2.13. The van der Waals surface area contributed by atoms with E-state index >= 15 is 0 Å². The molecule has 0 saturated heterocycles. The summed E-state index contributed by atoms with van der Waals surface area (Å²) in [5.74, 6) is -1.80. The average Bonchev–Trinajstić information content (AvgIpc) is 2.93. The summed E-state index contributed by atoms with van der Waals surface area (Å²) in [5, 5.41) is 2.69. The van der Waals surface area contributed by atoms with E-state index in [4.69, 9.17) is 5.73 Å². The predicted molar refractivity (Wildman–Crippen MR) is 91.2 cm³/mol. The van der Waals surface area contributed by atoms with Crippen LogP contribution in [0.3, 0.4) is 0 Å². The van der Waals surface area contributed by atoms with Crippen LogP contribution in [0.4, 0.5) is 0 Å². The monoisotopic (exact) mass is 343 g/mol. The molecule has 0 saturated carbocycles. The molecule has 0 bridgehead atoms. The maximum absolute atomic E-state index is 12.4. The second kappa shape index (κ2) is 8.89. The Labute approximate surface area is 145 Å². The minimum Gasteiger partial charge on any atom is -0.354 e. The van der Waals surface area contributed by atoms with Crippen LogP contribution in [0.15, 0.2) is 42.5 Å². The van der Waals surface area contributed by atoms with E-state index in [-0.39, 0.29) is 37.7 Å². The zero-order chi connectivity index (χ0) is 18.2. The third-order valence-corrected chi connectivity index (χ3v) is 3.93. The highest BCUT2D eigenvalue weighted by Gasteiger charge is 2.25. The maximum Gasteiger partial charge on any atom is 0.253 e. The first-order valence-corrected chi connectivity index (χ1v) is 8.08. The second-order valence-corrected chi connectivity index (χ2v) is 5.79. The molecule has 3 amide bonds. The number of benzene rings is 1. The van der Waals surface area contributed by atoms with E-state index in [9.17, 15) is 19.2 Å². The number of amides is 3. The van der Waals surface area contributed by atoms with Crippen LogP contribution in [0.5, 0.6) is 0 Å². The molecule has 1 aliphatic rings. The summed E-state index contributed by atoms with van der Waals surface area (Å²) >= 11 is 0. The Hall–Kier alpha value is -2.80. The summed E-state index contributed by atoms with van der Waals surface area (Å²) in [6.45, 7) is 0.125. The molecule has 25 heavy (non-hydrogen) atoms. The standard InChI is InChI=1S/C18H21N3O4/c19-12-15(22)11-14(10-13-4-2-1-3-5-13)18(25)20-8-9-21-16(23)6-7-17(21)24/h1-7,14H,8-12,19H2,(H,20,25)/t14-/m1/s1. The molecule has 1 atom stereocenters. The molecule has 7 heteroatoms. The molecule has 0 radical (unpaired) electrons. The third kappa shape index (κ3) is 5.36. The fourth-order valence-electron chi connectivity index (χ4n) is 2.60.